The average molecular weight is 250 g/mol. The molecule has 1 aliphatic heterocycles. The Morgan fingerprint density at radius 2 is 2.11 bits per heavy atom. The number of rotatable bonds is 4. The third kappa shape index (κ3) is 3.30. The van der Waals surface area contributed by atoms with Gasteiger partial charge >= 0.3 is 0 Å². The predicted molar refractivity (Wildman–Crippen MR) is 72.8 cm³/mol. The zero-order valence-electron chi connectivity index (χ0n) is 11.1. The van der Waals surface area contributed by atoms with Crippen molar-refractivity contribution in [3.63, 3.8) is 0 Å². The summed E-state index contributed by atoms with van der Waals surface area (Å²) in [5.74, 6) is 0.642. The van der Waals surface area contributed by atoms with Gasteiger partial charge in [0.25, 0.3) is 0 Å². The molecule has 1 aromatic rings. The van der Waals surface area contributed by atoms with Crippen LogP contribution in [0.25, 0.3) is 0 Å². The van der Waals surface area contributed by atoms with Gasteiger partial charge in [-0.2, -0.15) is 0 Å². The Morgan fingerprint density at radius 3 is 2.72 bits per heavy atom. The Bertz CT molecular complexity index is 373. The molecule has 1 atom stereocenters. The fraction of sp³-hybridized carbons (Fsp3) is 0.600. The molecule has 0 saturated carbocycles. The first kappa shape index (κ1) is 13.5. The molecule has 1 aromatic carbocycles. The number of likely N-dealkylation sites (tertiary alicyclic amines) is 1. The molecule has 0 aromatic heterocycles. The lowest BCUT2D eigenvalue weighted by Gasteiger charge is -2.36. The third-order valence-electron chi connectivity index (χ3n) is 4.10. The van der Waals surface area contributed by atoms with Gasteiger partial charge in [0.1, 0.15) is 5.82 Å². The van der Waals surface area contributed by atoms with Crippen LogP contribution in [0.4, 0.5) is 4.39 Å². The Balaban J connectivity index is 1.93. The Morgan fingerprint density at radius 1 is 1.39 bits per heavy atom. The fourth-order valence-electron chi connectivity index (χ4n) is 2.84. The van der Waals surface area contributed by atoms with Crippen molar-refractivity contribution in [2.24, 2.45) is 11.7 Å². The minimum absolute atomic E-state index is 0.141. The molecule has 2 nitrogen and oxygen atoms in total. The Labute approximate surface area is 109 Å². The summed E-state index contributed by atoms with van der Waals surface area (Å²) in [7, 11) is 0. The van der Waals surface area contributed by atoms with Crippen molar-refractivity contribution < 1.29 is 4.39 Å². The van der Waals surface area contributed by atoms with Gasteiger partial charge in [0.15, 0.2) is 0 Å². The lowest BCUT2D eigenvalue weighted by molar-refractivity contribution is 0.138. The topological polar surface area (TPSA) is 29.3 Å². The van der Waals surface area contributed by atoms with Crippen LogP contribution in [0.15, 0.2) is 24.3 Å². The van der Waals surface area contributed by atoms with Crippen molar-refractivity contribution in [2.45, 2.75) is 32.2 Å². The van der Waals surface area contributed by atoms with E-state index in [-0.39, 0.29) is 5.82 Å². The molecule has 3 heteroatoms. The van der Waals surface area contributed by atoms with E-state index in [1.54, 1.807) is 12.1 Å². The van der Waals surface area contributed by atoms with Gasteiger partial charge in [0.2, 0.25) is 0 Å². The lowest BCUT2D eigenvalue weighted by Crippen LogP contribution is -2.36. The fourth-order valence-corrected chi connectivity index (χ4v) is 2.84. The van der Waals surface area contributed by atoms with Gasteiger partial charge in [-0.3, -0.25) is 4.90 Å². The van der Waals surface area contributed by atoms with Gasteiger partial charge in [-0.15, -0.1) is 0 Å². The number of halogens is 1. The van der Waals surface area contributed by atoms with Gasteiger partial charge in [-0.25, -0.2) is 4.39 Å². The number of benzene rings is 1. The van der Waals surface area contributed by atoms with Crippen LogP contribution in [-0.4, -0.2) is 24.5 Å². The van der Waals surface area contributed by atoms with Crippen molar-refractivity contribution in [1.29, 1.82) is 0 Å². The molecule has 18 heavy (non-hydrogen) atoms. The van der Waals surface area contributed by atoms with E-state index in [1.165, 1.54) is 18.9 Å². The summed E-state index contributed by atoms with van der Waals surface area (Å²) < 4.78 is 13.2. The van der Waals surface area contributed by atoms with Gasteiger partial charge in [-0.05, 0) is 69.4 Å². The van der Waals surface area contributed by atoms with Crippen molar-refractivity contribution >= 4 is 0 Å². The largest absolute Gasteiger partial charge is 0.330 e. The summed E-state index contributed by atoms with van der Waals surface area (Å²) in [6.45, 7) is 5.16. The van der Waals surface area contributed by atoms with Crippen LogP contribution in [0.1, 0.15) is 37.8 Å². The predicted octanol–water partition coefficient (Wildman–Crippen LogP) is 2.95. The highest BCUT2D eigenvalue weighted by Gasteiger charge is 2.23. The van der Waals surface area contributed by atoms with E-state index in [9.17, 15) is 4.39 Å². The van der Waals surface area contributed by atoms with Gasteiger partial charge in [0.05, 0.1) is 0 Å². The van der Waals surface area contributed by atoms with E-state index in [1.807, 2.05) is 6.07 Å². The quantitative estimate of drug-likeness (QED) is 0.890. The van der Waals surface area contributed by atoms with Crippen molar-refractivity contribution in [2.75, 3.05) is 19.6 Å². The molecular formula is C15H23FN2. The second-order valence-corrected chi connectivity index (χ2v) is 5.29. The highest BCUT2D eigenvalue weighted by molar-refractivity contribution is 5.19. The maximum Gasteiger partial charge on any atom is 0.123 e. The zero-order valence-corrected chi connectivity index (χ0v) is 11.1. The molecule has 1 saturated heterocycles. The summed E-state index contributed by atoms with van der Waals surface area (Å²) in [6.07, 6.45) is 3.58. The Hall–Kier alpha value is -0.930. The van der Waals surface area contributed by atoms with Crippen LogP contribution in [0.2, 0.25) is 0 Å². The summed E-state index contributed by atoms with van der Waals surface area (Å²) in [5, 5.41) is 0. The zero-order chi connectivity index (χ0) is 13.0. The molecule has 2 N–H and O–H groups in total. The molecular weight excluding hydrogens is 227 g/mol. The number of hydrogen-bond donors (Lipinski definition) is 1. The highest BCUT2D eigenvalue weighted by atomic mass is 19.1. The van der Waals surface area contributed by atoms with Gasteiger partial charge < -0.3 is 5.73 Å². The third-order valence-corrected chi connectivity index (χ3v) is 4.10. The van der Waals surface area contributed by atoms with E-state index in [0.29, 0.717) is 6.04 Å². The second kappa shape index (κ2) is 6.30. The highest BCUT2D eigenvalue weighted by Crippen LogP contribution is 2.27. The lowest BCUT2D eigenvalue weighted by atomic mass is 9.92. The van der Waals surface area contributed by atoms with Crippen LogP contribution in [0.3, 0.4) is 0 Å². The molecule has 0 amide bonds. The SMILES string of the molecule is CC(c1cccc(F)c1)N1CCC(CCN)CC1. The molecule has 2 rings (SSSR count). The molecule has 1 unspecified atom stereocenters. The van der Waals surface area contributed by atoms with E-state index in [4.69, 9.17) is 5.73 Å². The number of hydrogen-bond acceptors (Lipinski definition) is 2. The smallest absolute Gasteiger partial charge is 0.123 e. The second-order valence-electron chi connectivity index (χ2n) is 5.29. The first-order chi connectivity index (χ1) is 8.70. The monoisotopic (exact) mass is 250 g/mol. The van der Waals surface area contributed by atoms with E-state index < -0.39 is 0 Å². The molecule has 0 bridgehead atoms. The minimum atomic E-state index is -0.141. The molecule has 0 radical (unpaired) electrons. The van der Waals surface area contributed by atoms with Crippen LogP contribution in [0, 0.1) is 11.7 Å². The molecule has 1 aliphatic rings. The van der Waals surface area contributed by atoms with E-state index >= 15 is 0 Å². The molecule has 1 heterocycles. The summed E-state index contributed by atoms with van der Waals surface area (Å²) >= 11 is 0. The van der Waals surface area contributed by atoms with Crippen LogP contribution in [-0.2, 0) is 0 Å². The summed E-state index contributed by atoms with van der Waals surface area (Å²) in [5.41, 5.74) is 6.68. The molecule has 1 fully saturated rings. The number of nitrogens with zero attached hydrogens (tertiary/aromatic N) is 1. The minimum Gasteiger partial charge on any atom is -0.330 e. The molecule has 100 valence electrons. The van der Waals surface area contributed by atoms with Crippen molar-refractivity contribution in [3.8, 4) is 0 Å². The summed E-state index contributed by atoms with van der Waals surface area (Å²) in [6, 6.07) is 7.27. The van der Waals surface area contributed by atoms with Crippen molar-refractivity contribution in [3.05, 3.63) is 35.6 Å². The molecule has 0 aliphatic carbocycles. The summed E-state index contributed by atoms with van der Waals surface area (Å²) in [4.78, 5) is 2.45. The normalized spacial score (nSPS) is 19.9. The van der Waals surface area contributed by atoms with E-state index in [2.05, 4.69) is 11.8 Å². The maximum atomic E-state index is 13.2. The Kier molecular flexibility index (Phi) is 4.72. The van der Waals surface area contributed by atoms with E-state index in [0.717, 1.165) is 37.5 Å². The standard InChI is InChI=1S/C15H23FN2/c1-12(14-3-2-4-15(16)11-14)18-9-6-13(5-8-17)7-10-18/h2-4,11-13H,5-10,17H2,1H3. The van der Waals surface area contributed by atoms with Gasteiger partial charge in [0, 0.05) is 6.04 Å². The average Bonchev–Trinajstić information content (AvgIpc) is 2.39. The molecule has 0 spiro atoms. The first-order valence-corrected chi connectivity index (χ1v) is 6.90. The first-order valence-electron chi connectivity index (χ1n) is 6.90. The van der Waals surface area contributed by atoms with Gasteiger partial charge in [-0.1, -0.05) is 12.1 Å². The van der Waals surface area contributed by atoms with Crippen molar-refractivity contribution in [1.82, 2.24) is 4.90 Å². The van der Waals surface area contributed by atoms with Crippen LogP contribution >= 0.6 is 0 Å². The van der Waals surface area contributed by atoms with Crippen LogP contribution < -0.4 is 5.73 Å². The number of piperidine rings is 1. The number of nitrogens with two attached hydrogens (primary N) is 1. The van der Waals surface area contributed by atoms with Crippen LogP contribution in [0.5, 0.6) is 0 Å². The maximum absolute atomic E-state index is 13.2.